The Morgan fingerprint density at radius 2 is 2.00 bits per heavy atom. The zero-order valence-corrected chi connectivity index (χ0v) is 11.2. The number of nitrogens with one attached hydrogen (secondary N) is 1. The van der Waals surface area contributed by atoms with Gasteiger partial charge in [-0.1, -0.05) is 22.0 Å². The molecule has 0 spiro atoms. The van der Waals surface area contributed by atoms with E-state index in [0.29, 0.717) is 5.69 Å². The Bertz CT molecular complexity index is 626. The number of anilines is 1. The number of carbonyl (C=O) groups is 2. The normalized spacial score (nSPS) is 9.95. The molecule has 19 heavy (non-hydrogen) atoms. The standard InChI is InChI=1S/C13H9BrN2O3/c14-9-2-1-3-10(6-9)16-12(17)11-5-4-8(7-15-11)13(18)19/h1-7H,(H,16,17)(H,18,19). The van der Waals surface area contributed by atoms with E-state index >= 15 is 0 Å². The minimum atomic E-state index is -1.08. The zero-order chi connectivity index (χ0) is 13.8. The van der Waals surface area contributed by atoms with Crippen molar-refractivity contribution < 1.29 is 14.7 Å². The van der Waals surface area contributed by atoms with Crippen molar-refractivity contribution in [2.24, 2.45) is 0 Å². The van der Waals surface area contributed by atoms with E-state index in [-0.39, 0.29) is 11.3 Å². The van der Waals surface area contributed by atoms with Crippen molar-refractivity contribution in [3.05, 3.63) is 58.3 Å². The van der Waals surface area contributed by atoms with Gasteiger partial charge in [0, 0.05) is 16.4 Å². The van der Waals surface area contributed by atoms with Crippen LogP contribution >= 0.6 is 15.9 Å². The molecule has 1 aromatic carbocycles. The van der Waals surface area contributed by atoms with E-state index in [1.54, 1.807) is 18.2 Å². The van der Waals surface area contributed by atoms with E-state index in [1.807, 2.05) is 6.07 Å². The summed E-state index contributed by atoms with van der Waals surface area (Å²) in [5.74, 6) is -1.47. The molecular weight excluding hydrogens is 312 g/mol. The Morgan fingerprint density at radius 3 is 2.58 bits per heavy atom. The molecule has 6 heteroatoms. The van der Waals surface area contributed by atoms with E-state index in [4.69, 9.17) is 5.11 Å². The average Bonchev–Trinajstić information content (AvgIpc) is 2.39. The highest BCUT2D eigenvalue weighted by Crippen LogP contribution is 2.16. The van der Waals surface area contributed by atoms with Crippen LogP contribution in [0.1, 0.15) is 20.8 Å². The summed E-state index contributed by atoms with van der Waals surface area (Å²) < 4.78 is 0.847. The van der Waals surface area contributed by atoms with Crippen molar-refractivity contribution in [1.82, 2.24) is 4.98 Å². The summed E-state index contributed by atoms with van der Waals surface area (Å²) in [6.07, 6.45) is 1.15. The summed E-state index contributed by atoms with van der Waals surface area (Å²) in [4.78, 5) is 26.3. The molecule has 0 bridgehead atoms. The number of rotatable bonds is 3. The molecule has 0 aliphatic rings. The molecule has 2 aromatic rings. The van der Waals surface area contributed by atoms with Gasteiger partial charge in [-0.05, 0) is 30.3 Å². The topological polar surface area (TPSA) is 79.3 Å². The zero-order valence-electron chi connectivity index (χ0n) is 9.63. The number of halogens is 1. The molecule has 0 saturated heterocycles. The van der Waals surface area contributed by atoms with Crippen LogP contribution in [-0.2, 0) is 0 Å². The van der Waals surface area contributed by atoms with Crippen molar-refractivity contribution in [2.45, 2.75) is 0 Å². The molecule has 2 rings (SSSR count). The predicted molar refractivity (Wildman–Crippen MR) is 73.3 cm³/mol. The molecule has 1 amide bonds. The smallest absolute Gasteiger partial charge is 0.337 e. The van der Waals surface area contributed by atoms with Gasteiger partial charge in [-0.25, -0.2) is 4.79 Å². The van der Waals surface area contributed by atoms with Gasteiger partial charge in [0.15, 0.2) is 0 Å². The average molecular weight is 321 g/mol. The Morgan fingerprint density at radius 1 is 1.21 bits per heavy atom. The minimum Gasteiger partial charge on any atom is -0.478 e. The van der Waals surface area contributed by atoms with Crippen LogP contribution in [0.3, 0.4) is 0 Å². The molecule has 0 aliphatic heterocycles. The van der Waals surface area contributed by atoms with Gasteiger partial charge >= 0.3 is 5.97 Å². The Hall–Kier alpha value is -2.21. The summed E-state index contributed by atoms with van der Waals surface area (Å²) in [7, 11) is 0. The van der Waals surface area contributed by atoms with Crippen molar-refractivity contribution in [1.29, 1.82) is 0 Å². The second-order valence-corrected chi connectivity index (χ2v) is 4.62. The number of hydrogen-bond acceptors (Lipinski definition) is 3. The number of carboxylic acid groups (broad SMARTS) is 1. The SMILES string of the molecule is O=C(O)c1ccc(C(=O)Nc2cccc(Br)c2)nc1. The van der Waals surface area contributed by atoms with Crippen LogP contribution in [0.4, 0.5) is 5.69 Å². The Kier molecular flexibility index (Phi) is 3.91. The highest BCUT2D eigenvalue weighted by molar-refractivity contribution is 9.10. The lowest BCUT2D eigenvalue weighted by Crippen LogP contribution is -2.14. The van der Waals surface area contributed by atoms with Gasteiger partial charge in [0.25, 0.3) is 5.91 Å². The fourth-order valence-electron chi connectivity index (χ4n) is 1.42. The van der Waals surface area contributed by atoms with Crippen molar-refractivity contribution in [3.8, 4) is 0 Å². The van der Waals surface area contributed by atoms with Gasteiger partial charge in [-0.15, -0.1) is 0 Å². The van der Waals surface area contributed by atoms with Gasteiger partial charge in [0.1, 0.15) is 5.69 Å². The van der Waals surface area contributed by atoms with Crippen LogP contribution in [0.15, 0.2) is 47.1 Å². The van der Waals surface area contributed by atoms with E-state index in [1.165, 1.54) is 12.1 Å². The number of nitrogens with zero attached hydrogens (tertiary/aromatic N) is 1. The number of carboxylic acids is 1. The number of benzene rings is 1. The summed E-state index contributed by atoms with van der Waals surface area (Å²) in [5, 5.41) is 11.4. The molecule has 0 saturated carbocycles. The first kappa shape index (κ1) is 13.2. The van der Waals surface area contributed by atoms with E-state index in [0.717, 1.165) is 10.7 Å². The molecule has 0 radical (unpaired) electrons. The third-order valence-electron chi connectivity index (χ3n) is 2.33. The Labute approximate surface area is 117 Å². The number of hydrogen-bond donors (Lipinski definition) is 2. The summed E-state index contributed by atoms with van der Waals surface area (Å²) >= 11 is 3.30. The largest absolute Gasteiger partial charge is 0.478 e. The highest BCUT2D eigenvalue weighted by atomic mass is 79.9. The number of pyridine rings is 1. The maximum atomic E-state index is 11.9. The lowest BCUT2D eigenvalue weighted by atomic mass is 10.2. The molecular formula is C13H9BrN2O3. The molecule has 96 valence electrons. The van der Waals surface area contributed by atoms with Crippen LogP contribution < -0.4 is 5.32 Å². The predicted octanol–water partition coefficient (Wildman–Crippen LogP) is 2.79. The van der Waals surface area contributed by atoms with Crippen molar-refractivity contribution >= 4 is 33.5 Å². The van der Waals surface area contributed by atoms with E-state index in [9.17, 15) is 9.59 Å². The lowest BCUT2D eigenvalue weighted by molar-refractivity contribution is 0.0696. The second kappa shape index (κ2) is 5.62. The van der Waals surface area contributed by atoms with Crippen LogP contribution in [0.5, 0.6) is 0 Å². The van der Waals surface area contributed by atoms with Gasteiger partial charge in [-0.3, -0.25) is 9.78 Å². The highest BCUT2D eigenvalue weighted by Gasteiger charge is 2.09. The summed E-state index contributed by atoms with van der Waals surface area (Å²) in [6, 6.07) is 9.84. The second-order valence-electron chi connectivity index (χ2n) is 3.70. The van der Waals surface area contributed by atoms with Gasteiger partial charge in [0.2, 0.25) is 0 Å². The summed E-state index contributed by atoms with van der Waals surface area (Å²) in [5.41, 5.74) is 0.826. The van der Waals surface area contributed by atoms with E-state index in [2.05, 4.69) is 26.2 Å². The maximum Gasteiger partial charge on any atom is 0.337 e. The molecule has 2 N–H and O–H groups in total. The molecule has 1 aromatic heterocycles. The number of carbonyl (C=O) groups excluding carboxylic acids is 1. The third kappa shape index (κ3) is 3.38. The maximum absolute atomic E-state index is 11.9. The molecule has 0 fully saturated rings. The monoisotopic (exact) mass is 320 g/mol. The molecule has 5 nitrogen and oxygen atoms in total. The number of aromatic nitrogens is 1. The molecule has 0 aliphatic carbocycles. The minimum absolute atomic E-state index is 0.0407. The first-order valence-electron chi connectivity index (χ1n) is 5.32. The molecule has 0 atom stereocenters. The van der Waals surface area contributed by atoms with Crippen LogP contribution in [-0.4, -0.2) is 22.0 Å². The fourth-order valence-corrected chi connectivity index (χ4v) is 1.82. The fraction of sp³-hybridized carbons (Fsp3) is 0. The number of aromatic carboxylic acids is 1. The van der Waals surface area contributed by atoms with Crippen molar-refractivity contribution in [2.75, 3.05) is 5.32 Å². The first-order valence-corrected chi connectivity index (χ1v) is 6.12. The van der Waals surface area contributed by atoms with Crippen LogP contribution in [0.25, 0.3) is 0 Å². The number of amides is 1. The summed E-state index contributed by atoms with van der Waals surface area (Å²) in [6.45, 7) is 0. The van der Waals surface area contributed by atoms with Gasteiger partial charge in [0.05, 0.1) is 5.56 Å². The molecule has 1 heterocycles. The molecule has 0 unspecified atom stereocenters. The van der Waals surface area contributed by atoms with Gasteiger partial charge < -0.3 is 10.4 Å². The van der Waals surface area contributed by atoms with Gasteiger partial charge in [-0.2, -0.15) is 0 Å². The quantitative estimate of drug-likeness (QED) is 0.911. The first-order chi connectivity index (χ1) is 9.06. The van der Waals surface area contributed by atoms with Crippen LogP contribution in [0, 0.1) is 0 Å². The Balaban J connectivity index is 2.14. The van der Waals surface area contributed by atoms with Crippen LogP contribution in [0.2, 0.25) is 0 Å². The van der Waals surface area contributed by atoms with Crippen molar-refractivity contribution in [3.63, 3.8) is 0 Å². The third-order valence-corrected chi connectivity index (χ3v) is 2.82. The van der Waals surface area contributed by atoms with E-state index < -0.39 is 11.9 Å². The lowest BCUT2D eigenvalue weighted by Gasteiger charge is -2.05.